The summed E-state index contributed by atoms with van der Waals surface area (Å²) in [4.78, 5) is 11.7. The Bertz CT molecular complexity index is 296. The number of rotatable bonds is 4. The minimum Gasteiger partial charge on any atom is -0.444 e. The van der Waals surface area contributed by atoms with E-state index in [1.165, 1.54) is 25.7 Å². The number of carbonyl (C=O) groups is 1. The van der Waals surface area contributed by atoms with E-state index in [0.717, 1.165) is 12.8 Å². The van der Waals surface area contributed by atoms with Gasteiger partial charge in [0, 0.05) is 6.04 Å². The van der Waals surface area contributed by atoms with Crippen LogP contribution in [0.2, 0.25) is 0 Å². The van der Waals surface area contributed by atoms with E-state index < -0.39 is 5.60 Å². The van der Waals surface area contributed by atoms with Crippen LogP contribution in [-0.4, -0.2) is 17.7 Å². The van der Waals surface area contributed by atoms with Crippen molar-refractivity contribution in [2.24, 2.45) is 5.92 Å². The molecule has 1 aliphatic rings. The highest BCUT2D eigenvalue weighted by Gasteiger charge is 2.23. The molecule has 0 spiro atoms. The molecule has 1 amide bonds. The lowest BCUT2D eigenvalue weighted by Gasteiger charge is -2.28. The molecule has 1 N–H and O–H groups in total. The molecule has 0 bridgehead atoms. The van der Waals surface area contributed by atoms with Gasteiger partial charge in [0.25, 0.3) is 0 Å². The second-order valence-electron chi connectivity index (χ2n) is 6.47. The Hall–Kier alpha value is -0.990. The maximum absolute atomic E-state index is 11.7. The maximum atomic E-state index is 11.7. The molecule has 0 saturated heterocycles. The summed E-state index contributed by atoms with van der Waals surface area (Å²) in [5.74, 6) is 0.697. The van der Waals surface area contributed by atoms with Gasteiger partial charge < -0.3 is 10.1 Å². The third-order valence-electron chi connectivity index (χ3n) is 3.36. The fraction of sp³-hybridized carbons (Fsp3) is 0.812. The summed E-state index contributed by atoms with van der Waals surface area (Å²) < 4.78 is 5.28. The van der Waals surface area contributed by atoms with Gasteiger partial charge in [-0.25, -0.2) is 4.79 Å². The van der Waals surface area contributed by atoms with Crippen molar-refractivity contribution in [2.45, 2.75) is 77.9 Å². The van der Waals surface area contributed by atoms with Gasteiger partial charge in [0.2, 0.25) is 0 Å². The number of ether oxygens (including phenoxy) is 1. The van der Waals surface area contributed by atoms with Crippen LogP contribution in [0, 0.1) is 5.92 Å². The first kappa shape index (κ1) is 16.1. The number of nitrogens with one attached hydrogen (secondary N) is 1. The number of carbonyl (C=O) groups excluding carboxylic acids is 1. The molecule has 3 nitrogen and oxygen atoms in total. The Morgan fingerprint density at radius 2 is 1.89 bits per heavy atom. The molecule has 0 aliphatic heterocycles. The third-order valence-corrected chi connectivity index (χ3v) is 3.36. The number of amides is 1. The Balaban J connectivity index is 2.25. The van der Waals surface area contributed by atoms with E-state index in [1.54, 1.807) is 0 Å². The summed E-state index contributed by atoms with van der Waals surface area (Å²) in [6.45, 7) is 7.87. The molecular formula is C16H29NO2. The highest BCUT2D eigenvalue weighted by molar-refractivity contribution is 5.68. The predicted octanol–water partition coefficient (Wildman–Crippen LogP) is 4.43. The molecule has 0 unspecified atom stereocenters. The van der Waals surface area contributed by atoms with Crippen LogP contribution in [0.5, 0.6) is 0 Å². The summed E-state index contributed by atoms with van der Waals surface area (Å²) in [6, 6.07) is 0.283. The fourth-order valence-electron chi connectivity index (χ4n) is 2.39. The summed E-state index contributed by atoms with van der Waals surface area (Å²) in [6.07, 6.45) is 11.2. The zero-order chi connectivity index (χ0) is 14.3. The molecule has 0 atom stereocenters. The summed E-state index contributed by atoms with van der Waals surface area (Å²) in [5.41, 5.74) is -0.413. The van der Waals surface area contributed by atoms with Gasteiger partial charge in [-0.3, -0.25) is 0 Å². The molecule has 1 fully saturated rings. The minimum absolute atomic E-state index is 0.280. The van der Waals surface area contributed by atoms with Crippen molar-refractivity contribution >= 4 is 6.09 Å². The number of allylic oxidation sites excluding steroid dienone is 2. The molecule has 0 heterocycles. The fourth-order valence-corrected chi connectivity index (χ4v) is 2.39. The van der Waals surface area contributed by atoms with E-state index in [0.29, 0.717) is 5.92 Å². The molecule has 110 valence electrons. The topological polar surface area (TPSA) is 38.3 Å². The first-order valence-electron chi connectivity index (χ1n) is 7.57. The van der Waals surface area contributed by atoms with Crippen molar-refractivity contribution in [3.8, 4) is 0 Å². The number of hydrogen-bond donors (Lipinski definition) is 1. The molecule has 1 rings (SSSR count). The van der Waals surface area contributed by atoms with Gasteiger partial charge in [-0.15, -0.1) is 0 Å². The van der Waals surface area contributed by atoms with Gasteiger partial charge in [0.15, 0.2) is 0 Å². The van der Waals surface area contributed by atoms with Gasteiger partial charge in [-0.2, -0.15) is 0 Å². The van der Waals surface area contributed by atoms with E-state index in [1.807, 2.05) is 20.8 Å². The standard InChI is InChI=1S/C16H29NO2/c1-5-6-7-8-13-9-11-14(12-10-13)17-15(18)19-16(2,3)4/h7-8,13-14H,5-6,9-12H2,1-4H3,(H,17,18)/b8-7+/t13-,14+. The van der Waals surface area contributed by atoms with Gasteiger partial charge in [-0.05, 0) is 58.8 Å². The number of alkyl carbamates (subject to hydrolysis) is 1. The molecule has 1 saturated carbocycles. The van der Waals surface area contributed by atoms with Gasteiger partial charge in [0.1, 0.15) is 5.60 Å². The van der Waals surface area contributed by atoms with Gasteiger partial charge in [0.05, 0.1) is 0 Å². The zero-order valence-electron chi connectivity index (χ0n) is 12.9. The lowest BCUT2D eigenvalue weighted by molar-refractivity contribution is 0.0490. The Morgan fingerprint density at radius 1 is 1.26 bits per heavy atom. The highest BCUT2D eigenvalue weighted by Crippen LogP contribution is 2.25. The van der Waals surface area contributed by atoms with Crippen molar-refractivity contribution in [3.05, 3.63) is 12.2 Å². The van der Waals surface area contributed by atoms with Crippen LogP contribution >= 0.6 is 0 Å². The zero-order valence-corrected chi connectivity index (χ0v) is 12.9. The second kappa shape index (κ2) is 7.56. The van der Waals surface area contributed by atoms with Crippen LogP contribution in [0.1, 0.15) is 66.2 Å². The second-order valence-corrected chi connectivity index (χ2v) is 6.47. The normalized spacial score (nSPS) is 24.4. The molecule has 1 aliphatic carbocycles. The monoisotopic (exact) mass is 267 g/mol. The van der Waals surface area contributed by atoms with E-state index in [9.17, 15) is 4.79 Å². The van der Waals surface area contributed by atoms with Crippen molar-refractivity contribution in [3.63, 3.8) is 0 Å². The molecule has 3 heteroatoms. The van der Waals surface area contributed by atoms with Crippen molar-refractivity contribution in [1.82, 2.24) is 5.32 Å². The summed E-state index contributed by atoms with van der Waals surface area (Å²) in [7, 11) is 0. The predicted molar refractivity (Wildman–Crippen MR) is 79.2 cm³/mol. The number of unbranched alkanes of at least 4 members (excludes halogenated alkanes) is 1. The van der Waals surface area contributed by atoms with Gasteiger partial charge >= 0.3 is 6.09 Å². The highest BCUT2D eigenvalue weighted by atomic mass is 16.6. The average Bonchev–Trinajstić information content (AvgIpc) is 2.29. The van der Waals surface area contributed by atoms with E-state index in [2.05, 4.69) is 24.4 Å². The van der Waals surface area contributed by atoms with Crippen LogP contribution in [0.25, 0.3) is 0 Å². The van der Waals surface area contributed by atoms with Crippen LogP contribution < -0.4 is 5.32 Å². The molecule has 0 aromatic carbocycles. The maximum Gasteiger partial charge on any atom is 0.407 e. The molecule has 0 aromatic heterocycles. The van der Waals surface area contributed by atoms with Gasteiger partial charge in [-0.1, -0.05) is 25.5 Å². The SMILES string of the molecule is CCC/C=C/[C@H]1CC[C@@H](NC(=O)OC(C)(C)C)CC1. The lowest BCUT2D eigenvalue weighted by Crippen LogP contribution is -2.40. The Kier molecular flexibility index (Phi) is 6.40. The molecular weight excluding hydrogens is 238 g/mol. The smallest absolute Gasteiger partial charge is 0.407 e. The van der Waals surface area contributed by atoms with Crippen LogP contribution in [-0.2, 0) is 4.74 Å². The summed E-state index contributed by atoms with van der Waals surface area (Å²) in [5, 5.41) is 2.98. The molecule has 0 aromatic rings. The average molecular weight is 267 g/mol. The quantitative estimate of drug-likeness (QED) is 0.765. The van der Waals surface area contributed by atoms with Crippen LogP contribution in [0.3, 0.4) is 0 Å². The Labute approximate surface area is 117 Å². The van der Waals surface area contributed by atoms with Crippen molar-refractivity contribution < 1.29 is 9.53 Å². The third kappa shape index (κ3) is 7.24. The first-order valence-corrected chi connectivity index (χ1v) is 7.57. The molecule has 19 heavy (non-hydrogen) atoms. The summed E-state index contributed by atoms with van der Waals surface area (Å²) >= 11 is 0. The lowest BCUT2D eigenvalue weighted by atomic mass is 9.86. The number of hydrogen-bond acceptors (Lipinski definition) is 2. The molecule has 0 radical (unpaired) electrons. The van der Waals surface area contributed by atoms with Crippen LogP contribution in [0.15, 0.2) is 12.2 Å². The van der Waals surface area contributed by atoms with E-state index in [4.69, 9.17) is 4.74 Å². The van der Waals surface area contributed by atoms with E-state index in [-0.39, 0.29) is 12.1 Å². The van der Waals surface area contributed by atoms with Crippen LogP contribution in [0.4, 0.5) is 4.79 Å². The first-order chi connectivity index (χ1) is 8.90. The minimum atomic E-state index is -0.413. The van der Waals surface area contributed by atoms with Crippen molar-refractivity contribution in [1.29, 1.82) is 0 Å². The van der Waals surface area contributed by atoms with Crippen molar-refractivity contribution in [2.75, 3.05) is 0 Å². The largest absolute Gasteiger partial charge is 0.444 e. The van der Waals surface area contributed by atoms with E-state index >= 15 is 0 Å². The Morgan fingerprint density at radius 3 is 2.42 bits per heavy atom.